The van der Waals surface area contributed by atoms with Crippen molar-refractivity contribution in [1.29, 1.82) is 5.26 Å². The molecule has 3 rings (SSSR count). The molecule has 0 amide bonds. The quantitative estimate of drug-likeness (QED) is 0.739. The lowest BCUT2D eigenvalue weighted by atomic mass is 10.1. The van der Waals surface area contributed by atoms with E-state index in [-0.39, 0.29) is 5.56 Å². The highest BCUT2D eigenvalue weighted by atomic mass is 16.1. The number of rotatable bonds is 2. The average molecular weight is 304 g/mol. The first-order chi connectivity index (χ1) is 11.0. The van der Waals surface area contributed by atoms with E-state index >= 15 is 0 Å². The Labute approximate surface area is 133 Å². The molecule has 0 atom stereocenters. The minimum absolute atomic E-state index is 0.128. The summed E-state index contributed by atoms with van der Waals surface area (Å²) in [6.07, 6.45) is 1.67. The number of benzene rings is 1. The van der Waals surface area contributed by atoms with E-state index in [0.29, 0.717) is 11.3 Å². The highest BCUT2D eigenvalue weighted by molar-refractivity contribution is 6.00. The smallest absolute Gasteiger partial charge is 0.289 e. The number of nitrogens with zero attached hydrogens (tertiary/aromatic N) is 3. The van der Waals surface area contributed by atoms with Crippen LogP contribution in [0.2, 0.25) is 0 Å². The third kappa shape index (κ3) is 2.44. The van der Waals surface area contributed by atoms with Gasteiger partial charge >= 0.3 is 0 Å². The number of fused-ring (bicyclic) bond motifs is 1. The Bertz CT molecular complexity index is 1030. The standard InChI is InChI=1S/C18H16N4O/c1-11-8-12(2)22(18(23)15(11)9-19)20-10-16-13(3)21-17-7-5-4-6-14(16)17/h4-8,10,21H,1-3H3. The average Bonchev–Trinajstić information content (AvgIpc) is 2.83. The summed E-state index contributed by atoms with van der Waals surface area (Å²) < 4.78 is 1.27. The van der Waals surface area contributed by atoms with Gasteiger partial charge in [-0.05, 0) is 38.5 Å². The molecule has 0 unspecified atom stereocenters. The molecule has 0 saturated carbocycles. The van der Waals surface area contributed by atoms with Gasteiger partial charge in [-0.1, -0.05) is 18.2 Å². The minimum atomic E-state index is -0.390. The first-order valence-corrected chi connectivity index (χ1v) is 7.28. The maximum atomic E-state index is 12.4. The van der Waals surface area contributed by atoms with Gasteiger partial charge in [0.1, 0.15) is 11.6 Å². The van der Waals surface area contributed by atoms with Crippen molar-refractivity contribution >= 4 is 17.1 Å². The fourth-order valence-electron chi connectivity index (χ4n) is 2.74. The third-order valence-electron chi connectivity index (χ3n) is 3.92. The summed E-state index contributed by atoms with van der Waals surface area (Å²) in [5.74, 6) is 0. The van der Waals surface area contributed by atoms with E-state index in [1.54, 1.807) is 26.1 Å². The summed E-state index contributed by atoms with van der Waals surface area (Å²) in [6, 6.07) is 11.7. The summed E-state index contributed by atoms with van der Waals surface area (Å²) in [6.45, 7) is 5.52. The van der Waals surface area contributed by atoms with Crippen molar-refractivity contribution in [2.75, 3.05) is 0 Å². The van der Waals surface area contributed by atoms with Gasteiger partial charge in [0.25, 0.3) is 5.56 Å². The normalized spacial score (nSPS) is 11.2. The van der Waals surface area contributed by atoms with Crippen molar-refractivity contribution in [3.63, 3.8) is 0 Å². The maximum Gasteiger partial charge on any atom is 0.289 e. The van der Waals surface area contributed by atoms with Crippen LogP contribution < -0.4 is 5.56 Å². The Kier molecular flexibility index (Phi) is 3.59. The summed E-state index contributed by atoms with van der Waals surface area (Å²) in [5, 5.41) is 14.5. The van der Waals surface area contributed by atoms with E-state index in [1.807, 2.05) is 37.3 Å². The molecule has 1 N–H and O–H groups in total. The molecule has 0 saturated heterocycles. The summed E-state index contributed by atoms with van der Waals surface area (Å²) in [7, 11) is 0. The van der Waals surface area contributed by atoms with E-state index in [2.05, 4.69) is 10.1 Å². The van der Waals surface area contributed by atoms with Crippen molar-refractivity contribution in [3.8, 4) is 6.07 Å². The maximum absolute atomic E-state index is 12.4. The lowest BCUT2D eigenvalue weighted by Gasteiger charge is -2.06. The molecule has 23 heavy (non-hydrogen) atoms. The minimum Gasteiger partial charge on any atom is -0.358 e. The molecule has 0 aliphatic rings. The largest absolute Gasteiger partial charge is 0.358 e. The molecule has 114 valence electrons. The van der Waals surface area contributed by atoms with Crippen LogP contribution in [0.4, 0.5) is 0 Å². The van der Waals surface area contributed by atoms with Crippen LogP contribution in [0.25, 0.3) is 10.9 Å². The molecule has 5 nitrogen and oxygen atoms in total. The second-order valence-corrected chi connectivity index (χ2v) is 5.53. The molecule has 0 bridgehead atoms. The van der Waals surface area contributed by atoms with Crippen LogP contribution >= 0.6 is 0 Å². The SMILES string of the molecule is Cc1cc(C)n(N=Cc2c(C)[nH]c3ccccc23)c(=O)c1C#N. The van der Waals surface area contributed by atoms with E-state index < -0.39 is 5.56 Å². The summed E-state index contributed by atoms with van der Waals surface area (Å²) in [5.41, 5.74) is 4.04. The Morgan fingerprint density at radius 1 is 1.26 bits per heavy atom. The lowest BCUT2D eigenvalue weighted by molar-refractivity contribution is 0.786. The second kappa shape index (κ2) is 5.58. The number of nitrogens with one attached hydrogen (secondary N) is 1. The molecular formula is C18H16N4O. The van der Waals surface area contributed by atoms with E-state index in [4.69, 9.17) is 5.26 Å². The molecule has 0 spiro atoms. The van der Waals surface area contributed by atoms with Gasteiger partial charge in [0.15, 0.2) is 0 Å². The van der Waals surface area contributed by atoms with Gasteiger partial charge in [-0.2, -0.15) is 10.4 Å². The Balaban J connectivity index is 2.16. The van der Waals surface area contributed by atoms with Crippen LogP contribution in [0.5, 0.6) is 0 Å². The monoisotopic (exact) mass is 304 g/mol. The topological polar surface area (TPSA) is 73.9 Å². The number of aryl methyl sites for hydroxylation is 3. The number of nitriles is 1. The van der Waals surface area contributed by atoms with Gasteiger partial charge in [-0.25, -0.2) is 4.68 Å². The molecule has 1 aromatic carbocycles. The number of hydrogen-bond acceptors (Lipinski definition) is 3. The Hall–Kier alpha value is -3.13. The van der Waals surface area contributed by atoms with Crippen molar-refractivity contribution in [2.45, 2.75) is 20.8 Å². The summed E-state index contributed by atoms with van der Waals surface area (Å²) in [4.78, 5) is 15.7. The van der Waals surface area contributed by atoms with Crippen molar-refractivity contribution < 1.29 is 0 Å². The molecular weight excluding hydrogens is 288 g/mol. The van der Waals surface area contributed by atoms with Crippen molar-refractivity contribution in [1.82, 2.24) is 9.66 Å². The molecule has 5 heteroatoms. The van der Waals surface area contributed by atoms with Crippen molar-refractivity contribution in [2.24, 2.45) is 5.10 Å². The highest BCUT2D eigenvalue weighted by Gasteiger charge is 2.10. The molecule has 0 aliphatic carbocycles. The first kappa shape index (κ1) is 14.8. The first-order valence-electron chi connectivity index (χ1n) is 7.28. The number of pyridine rings is 1. The lowest BCUT2D eigenvalue weighted by Crippen LogP contribution is -2.22. The van der Waals surface area contributed by atoms with E-state index in [9.17, 15) is 4.79 Å². The van der Waals surface area contributed by atoms with Crippen LogP contribution in [0.3, 0.4) is 0 Å². The van der Waals surface area contributed by atoms with Gasteiger partial charge in [0.05, 0.1) is 6.21 Å². The molecule has 0 fully saturated rings. The van der Waals surface area contributed by atoms with Crippen LogP contribution in [0.15, 0.2) is 40.2 Å². The number of para-hydroxylation sites is 1. The Morgan fingerprint density at radius 3 is 2.74 bits per heavy atom. The van der Waals surface area contributed by atoms with Crippen molar-refractivity contribution in [3.05, 3.63) is 68.8 Å². The zero-order valence-corrected chi connectivity index (χ0v) is 13.2. The molecule has 0 radical (unpaired) electrons. The van der Waals surface area contributed by atoms with Gasteiger partial charge < -0.3 is 4.98 Å². The number of aromatic amines is 1. The zero-order valence-electron chi connectivity index (χ0n) is 13.2. The van der Waals surface area contributed by atoms with E-state index in [1.165, 1.54) is 4.68 Å². The molecule has 3 aromatic rings. The second-order valence-electron chi connectivity index (χ2n) is 5.53. The fraction of sp³-hybridized carbons (Fsp3) is 0.167. The molecule has 2 aromatic heterocycles. The number of H-pyrrole nitrogens is 1. The predicted octanol–water partition coefficient (Wildman–Crippen LogP) is 3.01. The van der Waals surface area contributed by atoms with Gasteiger partial charge in [-0.3, -0.25) is 4.79 Å². The predicted molar refractivity (Wildman–Crippen MR) is 90.9 cm³/mol. The molecule has 0 aliphatic heterocycles. The highest BCUT2D eigenvalue weighted by Crippen LogP contribution is 2.20. The summed E-state index contributed by atoms with van der Waals surface area (Å²) >= 11 is 0. The van der Waals surface area contributed by atoms with Crippen LogP contribution in [-0.4, -0.2) is 15.9 Å². The number of aromatic nitrogens is 2. The fourth-order valence-corrected chi connectivity index (χ4v) is 2.74. The third-order valence-corrected chi connectivity index (χ3v) is 3.92. The van der Waals surface area contributed by atoms with Crippen LogP contribution in [-0.2, 0) is 0 Å². The van der Waals surface area contributed by atoms with Crippen LogP contribution in [0.1, 0.15) is 28.1 Å². The number of hydrogen-bond donors (Lipinski definition) is 1. The van der Waals surface area contributed by atoms with Gasteiger partial charge in [0, 0.05) is 27.9 Å². The van der Waals surface area contributed by atoms with E-state index in [0.717, 1.165) is 22.2 Å². The van der Waals surface area contributed by atoms with Crippen LogP contribution in [0, 0.1) is 32.1 Å². The van der Waals surface area contributed by atoms with Gasteiger partial charge in [-0.15, -0.1) is 0 Å². The zero-order chi connectivity index (χ0) is 16.6. The van der Waals surface area contributed by atoms with Gasteiger partial charge in [0.2, 0.25) is 0 Å². The molecule has 2 heterocycles. The Morgan fingerprint density at radius 2 is 2.00 bits per heavy atom.